The lowest BCUT2D eigenvalue weighted by atomic mass is 9.78. The van der Waals surface area contributed by atoms with Crippen LogP contribution in [0.25, 0.3) is 0 Å². The number of benzene rings is 1. The molecule has 1 aliphatic heterocycles. The van der Waals surface area contributed by atoms with E-state index in [1.54, 1.807) is 12.1 Å². The molecule has 0 N–H and O–H groups in total. The first-order valence-corrected chi connectivity index (χ1v) is 6.54. The summed E-state index contributed by atoms with van der Waals surface area (Å²) in [4.78, 5) is 11.8. The van der Waals surface area contributed by atoms with E-state index in [1.807, 2.05) is 24.3 Å². The molecule has 102 valence electrons. The molecule has 1 aromatic carbocycles. The minimum absolute atomic E-state index is 0.0379. The highest BCUT2D eigenvalue weighted by Crippen LogP contribution is 2.39. The lowest BCUT2D eigenvalue weighted by Crippen LogP contribution is -2.28. The van der Waals surface area contributed by atoms with E-state index in [0.29, 0.717) is 18.8 Å². The Hall–Kier alpha value is -1.61. The molecule has 3 atom stereocenters. The molecule has 0 aliphatic carbocycles. The lowest BCUT2D eigenvalue weighted by molar-refractivity contribution is 0.00795. The molecule has 1 aliphatic rings. The maximum absolute atomic E-state index is 11.8. The van der Waals surface area contributed by atoms with Crippen molar-refractivity contribution in [2.24, 2.45) is 11.3 Å². The normalized spacial score (nSPS) is 30.0. The van der Waals surface area contributed by atoms with Crippen LogP contribution in [-0.4, -0.2) is 25.3 Å². The fourth-order valence-corrected chi connectivity index (χ4v) is 2.24. The van der Waals surface area contributed by atoms with Gasteiger partial charge in [0.2, 0.25) is 0 Å². The second-order valence-corrected chi connectivity index (χ2v) is 5.31. The first-order valence-electron chi connectivity index (χ1n) is 6.54. The number of rotatable bonds is 4. The van der Waals surface area contributed by atoms with E-state index in [2.05, 4.69) is 20.4 Å². The molecule has 1 fully saturated rings. The summed E-state index contributed by atoms with van der Waals surface area (Å²) < 4.78 is 11.0. The van der Waals surface area contributed by atoms with Gasteiger partial charge in [0.15, 0.2) is 0 Å². The number of hydrogen-bond acceptors (Lipinski definition) is 3. The van der Waals surface area contributed by atoms with Crippen LogP contribution in [0, 0.1) is 11.3 Å². The van der Waals surface area contributed by atoms with Crippen molar-refractivity contribution in [3.8, 4) is 0 Å². The predicted octanol–water partition coefficient (Wildman–Crippen LogP) is 3.07. The Balaban J connectivity index is 1.90. The summed E-state index contributed by atoms with van der Waals surface area (Å²) in [7, 11) is 0. The van der Waals surface area contributed by atoms with Crippen LogP contribution >= 0.6 is 0 Å². The van der Waals surface area contributed by atoms with Crippen LogP contribution < -0.4 is 0 Å². The van der Waals surface area contributed by atoms with Crippen molar-refractivity contribution in [3.05, 3.63) is 48.6 Å². The smallest absolute Gasteiger partial charge is 0.338 e. The van der Waals surface area contributed by atoms with Crippen LogP contribution in [0.3, 0.4) is 0 Å². The van der Waals surface area contributed by atoms with Crippen molar-refractivity contribution >= 4 is 5.97 Å². The zero-order valence-electron chi connectivity index (χ0n) is 11.5. The van der Waals surface area contributed by atoms with Crippen LogP contribution in [0.15, 0.2) is 43.0 Å². The summed E-state index contributed by atoms with van der Waals surface area (Å²) in [6.45, 7) is 9.00. The number of carbonyl (C=O) groups is 1. The van der Waals surface area contributed by atoms with Crippen molar-refractivity contribution in [1.82, 2.24) is 0 Å². The van der Waals surface area contributed by atoms with Gasteiger partial charge in [-0.2, -0.15) is 0 Å². The Labute approximate surface area is 114 Å². The second kappa shape index (κ2) is 5.57. The molecule has 0 spiro atoms. The summed E-state index contributed by atoms with van der Waals surface area (Å²) in [5.41, 5.74) is 0.531. The molecule has 0 aromatic heterocycles. The minimum atomic E-state index is -0.302. The van der Waals surface area contributed by atoms with Crippen molar-refractivity contribution in [1.29, 1.82) is 0 Å². The molecule has 0 bridgehead atoms. The molecule has 1 aromatic rings. The Morgan fingerprint density at radius 2 is 2.21 bits per heavy atom. The highest BCUT2D eigenvalue weighted by Gasteiger charge is 2.41. The fourth-order valence-electron chi connectivity index (χ4n) is 2.24. The summed E-state index contributed by atoms with van der Waals surface area (Å²) >= 11 is 0. The Kier molecular flexibility index (Phi) is 4.05. The molecule has 0 radical (unpaired) electrons. The van der Waals surface area contributed by atoms with E-state index >= 15 is 0 Å². The van der Waals surface area contributed by atoms with Gasteiger partial charge in [0.05, 0.1) is 18.3 Å². The molecule has 3 nitrogen and oxygen atoms in total. The largest absolute Gasteiger partial charge is 0.459 e. The summed E-state index contributed by atoms with van der Waals surface area (Å²) in [5.74, 6) is -0.0165. The van der Waals surface area contributed by atoms with Gasteiger partial charge in [0, 0.05) is 5.41 Å². The van der Waals surface area contributed by atoms with Gasteiger partial charge < -0.3 is 9.47 Å². The first-order chi connectivity index (χ1) is 9.07. The fraction of sp³-hybridized carbons (Fsp3) is 0.438. The zero-order valence-corrected chi connectivity index (χ0v) is 11.5. The average molecular weight is 260 g/mol. The highest BCUT2D eigenvalue weighted by atomic mass is 16.6. The molecule has 1 saturated heterocycles. The van der Waals surface area contributed by atoms with Crippen molar-refractivity contribution in [2.75, 3.05) is 13.2 Å². The van der Waals surface area contributed by atoms with Crippen LogP contribution in [-0.2, 0) is 9.47 Å². The van der Waals surface area contributed by atoms with Gasteiger partial charge in [-0.15, -0.1) is 6.58 Å². The third-order valence-electron chi connectivity index (χ3n) is 4.06. The van der Waals surface area contributed by atoms with Crippen molar-refractivity contribution < 1.29 is 14.3 Å². The van der Waals surface area contributed by atoms with Crippen LogP contribution in [0.4, 0.5) is 0 Å². The number of esters is 1. The van der Waals surface area contributed by atoms with Crippen LogP contribution in [0.2, 0.25) is 0 Å². The standard InChI is InChI=1S/C16H20O3/c1-4-16(3)11-19-14(12(16)2)10-18-15(17)13-8-6-5-7-9-13/h4-9,12,14H,1,10-11H2,2-3H3. The topological polar surface area (TPSA) is 35.5 Å². The number of carbonyl (C=O) groups excluding carboxylic acids is 1. The summed E-state index contributed by atoms with van der Waals surface area (Å²) in [6.07, 6.45) is 1.87. The Bertz CT molecular complexity index is 454. The molecule has 19 heavy (non-hydrogen) atoms. The lowest BCUT2D eigenvalue weighted by Gasteiger charge is -2.24. The average Bonchev–Trinajstić information content (AvgIpc) is 2.74. The van der Waals surface area contributed by atoms with Crippen LogP contribution in [0.5, 0.6) is 0 Å². The maximum atomic E-state index is 11.8. The van der Waals surface area contributed by atoms with Gasteiger partial charge >= 0.3 is 5.97 Å². The molecule has 3 heteroatoms. The third kappa shape index (κ3) is 2.87. The van der Waals surface area contributed by atoms with Gasteiger partial charge in [-0.3, -0.25) is 0 Å². The third-order valence-corrected chi connectivity index (χ3v) is 4.06. The summed E-state index contributed by atoms with van der Waals surface area (Å²) in [6, 6.07) is 9.00. The first kappa shape index (κ1) is 13.8. The quantitative estimate of drug-likeness (QED) is 0.616. The molecule has 0 saturated carbocycles. The number of ether oxygens (including phenoxy) is 2. The van der Waals surface area contributed by atoms with E-state index in [0.717, 1.165) is 0 Å². The zero-order chi connectivity index (χ0) is 13.9. The van der Waals surface area contributed by atoms with E-state index in [4.69, 9.17) is 9.47 Å². The molecule has 0 amide bonds. The van der Waals surface area contributed by atoms with Crippen molar-refractivity contribution in [3.63, 3.8) is 0 Å². The predicted molar refractivity (Wildman–Crippen MR) is 73.9 cm³/mol. The molecule has 1 heterocycles. The van der Waals surface area contributed by atoms with Gasteiger partial charge in [0.1, 0.15) is 6.61 Å². The Morgan fingerprint density at radius 1 is 1.53 bits per heavy atom. The molecule has 3 unspecified atom stereocenters. The highest BCUT2D eigenvalue weighted by molar-refractivity contribution is 5.89. The second-order valence-electron chi connectivity index (χ2n) is 5.31. The van der Waals surface area contributed by atoms with E-state index in [9.17, 15) is 4.79 Å². The van der Waals surface area contributed by atoms with Crippen LogP contribution in [0.1, 0.15) is 24.2 Å². The molecule has 2 rings (SSSR count). The van der Waals surface area contributed by atoms with E-state index in [-0.39, 0.29) is 23.4 Å². The van der Waals surface area contributed by atoms with Crippen molar-refractivity contribution in [2.45, 2.75) is 20.0 Å². The maximum Gasteiger partial charge on any atom is 0.338 e. The SMILES string of the molecule is C=CC1(C)COC(COC(=O)c2ccccc2)C1C. The van der Waals surface area contributed by atoms with Gasteiger partial charge in [-0.25, -0.2) is 4.79 Å². The number of hydrogen-bond donors (Lipinski definition) is 0. The van der Waals surface area contributed by atoms with Gasteiger partial charge in [-0.05, 0) is 18.1 Å². The van der Waals surface area contributed by atoms with Gasteiger partial charge in [0.25, 0.3) is 0 Å². The monoisotopic (exact) mass is 260 g/mol. The molecular weight excluding hydrogens is 240 g/mol. The molecular formula is C16H20O3. The minimum Gasteiger partial charge on any atom is -0.459 e. The Morgan fingerprint density at radius 3 is 2.79 bits per heavy atom. The summed E-state index contributed by atoms with van der Waals surface area (Å²) in [5, 5.41) is 0. The van der Waals surface area contributed by atoms with E-state index in [1.165, 1.54) is 0 Å². The van der Waals surface area contributed by atoms with Gasteiger partial charge in [-0.1, -0.05) is 38.1 Å². The van der Waals surface area contributed by atoms with E-state index < -0.39 is 0 Å².